The van der Waals surface area contributed by atoms with Crippen LogP contribution in [0.25, 0.3) is 0 Å². The van der Waals surface area contributed by atoms with Gasteiger partial charge in [-0.25, -0.2) is 9.78 Å². The second-order valence-corrected chi connectivity index (χ2v) is 5.03. The Morgan fingerprint density at radius 2 is 2.00 bits per heavy atom. The summed E-state index contributed by atoms with van der Waals surface area (Å²) in [7, 11) is 0. The summed E-state index contributed by atoms with van der Waals surface area (Å²) in [5.41, 5.74) is 1.17. The molecule has 2 aromatic rings. The van der Waals surface area contributed by atoms with Crippen LogP contribution in [0.3, 0.4) is 0 Å². The number of aromatic nitrogens is 3. The Bertz CT molecular complexity index is 611. The van der Waals surface area contributed by atoms with E-state index in [2.05, 4.69) is 20.3 Å². The van der Waals surface area contributed by atoms with Gasteiger partial charge in [-0.15, -0.1) is 0 Å². The average molecular weight is 302 g/mol. The van der Waals surface area contributed by atoms with Gasteiger partial charge in [0.05, 0.1) is 12.4 Å². The van der Waals surface area contributed by atoms with Gasteiger partial charge >= 0.3 is 5.97 Å². The Hall–Kier alpha value is -2.70. The average Bonchev–Trinajstić information content (AvgIpc) is 2.99. The van der Waals surface area contributed by atoms with Gasteiger partial charge in [0.2, 0.25) is 0 Å². The number of H-pyrrole nitrogens is 1. The van der Waals surface area contributed by atoms with Crippen LogP contribution in [0.15, 0.2) is 37.1 Å². The molecule has 2 heterocycles. The van der Waals surface area contributed by atoms with E-state index in [1.54, 1.807) is 32.2 Å². The van der Waals surface area contributed by atoms with E-state index in [0.717, 1.165) is 5.69 Å². The van der Waals surface area contributed by atoms with Crippen molar-refractivity contribution in [2.45, 2.75) is 32.4 Å². The van der Waals surface area contributed by atoms with Gasteiger partial charge in [-0.3, -0.25) is 9.78 Å². The molecule has 0 aliphatic carbocycles. The normalized spacial score (nSPS) is 12.0. The molecule has 7 nitrogen and oxygen atoms in total. The Balaban J connectivity index is 2.09. The number of amides is 1. The van der Waals surface area contributed by atoms with Gasteiger partial charge in [0.15, 0.2) is 0 Å². The number of aromatic amines is 1. The molecule has 0 saturated carbocycles. The largest absolute Gasteiger partial charge is 0.461 e. The van der Waals surface area contributed by atoms with Gasteiger partial charge in [0, 0.05) is 36.3 Å². The summed E-state index contributed by atoms with van der Waals surface area (Å²) in [4.78, 5) is 35.0. The van der Waals surface area contributed by atoms with Crippen LogP contribution in [0.1, 0.15) is 29.9 Å². The van der Waals surface area contributed by atoms with Crippen LogP contribution in [0.5, 0.6) is 0 Å². The molecule has 0 radical (unpaired) electrons. The zero-order chi connectivity index (χ0) is 15.9. The summed E-state index contributed by atoms with van der Waals surface area (Å²) >= 11 is 0. The molecule has 1 atom stereocenters. The number of ether oxygens (including phenoxy) is 1. The van der Waals surface area contributed by atoms with Gasteiger partial charge in [0.1, 0.15) is 6.04 Å². The van der Waals surface area contributed by atoms with E-state index in [1.807, 2.05) is 0 Å². The van der Waals surface area contributed by atoms with Crippen molar-refractivity contribution in [1.29, 1.82) is 0 Å². The first-order chi connectivity index (χ1) is 10.6. The molecule has 0 saturated heterocycles. The van der Waals surface area contributed by atoms with Crippen molar-refractivity contribution in [3.63, 3.8) is 0 Å². The predicted octanol–water partition coefficient (Wildman–Crippen LogP) is 1.10. The van der Waals surface area contributed by atoms with Crippen LogP contribution < -0.4 is 5.32 Å². The summed E-state index contributed by atoms with van der Waals surface area (Å²) in [6.45, 7) is 3.52. The zero-order valence-electron chi connectivity index (χ0n) is 12.4. The molecule has 2 N–H and O–H groups in total. The molecule has 0 aliphatic rings. The number of carbonyl (C=O) groups excluding carboxylic acids is 2. The molecular formula is C15H18N4O3. The second-order valence-electron chi connectivity index (χ2n) is 5.03. The van der Waals surface area contributed by atoms with E-state index >= 15 is 0 Å². The van der Waals surface area contributed by atoms with Gasteiger partial charge in [0.25, 0.3) is 5.91 Å². The summed E-state index contributed by atoms with van der Waals surface area (Å²) in [5.74, 6) is -0.834. The minimum atomic E-state index is -0.788. The van der Waals surface area contributed by atoms with E-state index in [0.29, 0.717) is 5.56 Å². The van der Waals surface area contributed by atoms with Gasteiger partial charge in [-0.05, 0) is 26.0 Å². The number of pyridine rings is 1. The first kappa shape index (κ1) is 15.7. The van der Waals surface area contributed by atoms with Crippen molar-refractivity contribution >= 4 is 11.9 Å². The van der Waals surface area contributed by atoms with Crippen molar-refractivity contribution in [1.82, 2.24) is 20.3 Å². The summed E-state index contributed by atoms with van der Waals surface area (Å²) in [6, 6.07) is 2.37. The highest BCUT2D eigenvalue weighted by Crippen LogP contribution is 2.05. The van der Waals surface area contributed by atoms with Crippen LogP contribution in [-0.2, 0) is 16.0 Å². The summed E-state index contributed by atoms with van der Waals surface area (Å²) in [5, 5.41) is 2.69. The van der Waals surface area contributed by atoms with Crippen LogP contribution in [0, 0.1) is 0 Å². The maximum atomic E-state index is 12.2. The van der Waals surface area contributed by atoms with E-state index in [-0.39, 0.29) is 18.4 Å². The summed E-state index contributed by atoms with van der Waals surface area (Å²) < 4.78 is 5.20. The smallest absolute Gasteiger partial charge is 0.329 e. The third-order valence-corrected chi connectivity index (χ3v) is 2.86. The van der Waals surface area contributed by atoms with Crippen LogP contribution >= 0.6 is 0 Å². The van der Waals surface area contributed by atoms with E-state index in [4.69, 9.17) is 4.74 Å². The fourth-order valence-electron chi connectivity index (χ4n) is 1.87. The number of carbonyl (C=O) groups is 2. The standard InChI is InChI=1S/C15H18N4O3/c1-10(2)22-15(21)13(7-12-8-17-9-18-12)19-14(20)11-3-5-16-6-4-11/h3-6,8-10,13H,7H2,1-2H3,(H,17,18)(H,19,20)/t13-/m1/s1. The number of rotatable bonds is 6. The fraction of sp³-hybridized carbons (Fsp3) is 0.333. The molecule has 116 valence electrons. The highest BCUT2D eigenvalue weighted by molar-refractivity contribution is 5.96. The first-order valence-electron chi connectivity index (χ1n) is 6.95. The Labute approximate surface area is 128 Å². The predicted molar refractivity (Wildman–Crippen MR) is 79.0 cm³/mol. The first-order valence-corrected chi connectivity index (χ1v) is 6.95. The molecule has 22 heavy (non-hydrogen) atoms. The highest BCUT2D eigenvalue weighted by atomic mass is 16.5. The maximum Gasteiger partial charge on any atom is 0.329 e. The molecule has 2 rings (SSSR count). The molecule has 0 spiro atoms. The van der Waals surface area contributed by atoms with Gasteiger partial charge in [-0.2, -0.15) is 0 Å². The fourth-order valence-corrected chi connectivity index (χ4v) is 1.87. The maximum absolute atomic E-state index is 12.2. The second kappa shape index (κ2) is 7.35. The van der Waals surface area contributed by atoms with E-state index < -0.39 is 12.0 Å². The number of hydrogen-bond acceptors (Lipinski definition) is 5. The lowest BCUT2D eigenvalue weighted by molar-refractivity contribution is -0.149. The lowest BCUT2D eigenvalue weighted by Gasteiger charge is -2.18. The number of imidazole rings is 1. The minimum Gasteiger partial charge on any atom is -0.461 e. The molecule has 0 fully saturated rings. The number of nitrogens with zero attached hydrogens (tertiary/aromatic N) is 2. The SMILES string of the molecule is CC(C)OC(=O)[C@@H](Cc1cnc[nH]1)NC(=O)c1ccncc1. The third kappa shape index (κ3) is 4.41. The Kier molecular flexibility index (Phi) is 5.24. The molecule has 7 heteroatoms. The van der Waals surface area contributed by atoms with Gasteiger partial charge < -0.3 is 15.0 Å². The quantitative estimate of drug-likeness (QED) is 0.779. The molecule has 0 bridgehead atoms. The number of hydrogen-bond donors (Lipinski definition) is 2. The van der Waals surface area contributed by atoms with Crippen molar-refractivity contribution in [2.24, 2.45) is 0 Å². The zero-order valence-corrected chi connectivity index (χ0v) is 12.4. The molecule has 0 aliphatic heterocycles. The third-order valence-electron chi connectivity index (χ3n) is 2.86. The molecule has 1 amide bonds. The molecule has 0 aromatic carbocycles. The van der Waals surface area contributed by atoms with Crippen LogP contribution in [-0.4, -0.2) is 39.0 Å². The highest BCUT2D eigenvalue weighted by Gasteiger charge is 2.24. The van der Waals surface area contributed by atoms with Crippen molar-refractivity contribution < 1.29 is 14.3 Å². The van der Waals surface area contributed by atoms with Gasteiger partial charge in [-0.1, -0.05) is 0 Å². The van der Waals surface area contributed by atoms with E-state index in [9.17, 15) is 9.59 Å². The minimum absolute atomic E-state index is 0.255. The van der Waals surface area contributed by atoms with Crippen LogP contribution in [0.2, 0.25) is 0 Å². The van der Waals surface area contributed by atoms with Crippen molar-refractivity contribution in [2.75, 3.05) is 0 Å². The lowest BCUT2D eigenvalue weighted by Crippen LogP contribution is -2.44. The molecule has 0 unspecified atom stereocenters. The monoisotopic (exact) mass is 302 g/mol. The Morgan fingerprint density at radius 1 is 1.27 bits per heavy atom. The van der Waals surface area contributed by atoms with Crippen molar-refractivity contribution in [3.05, 3.63) is 48.3 Å². The van der Waals surface area contributed by atoms with Crippen molar-refractivity contribution in [3.8, 4) is 0 Å². The summed E-state index contributed by atoms with van der Waals surface area (Å²) in [6.07, 6.45) is 6.19. The Morgan fingerprint density at radius 3 is 2.59 bits per heavy atom. The number of esters is 1. The molecule has 2 aromatic heterocycles. The van der Waals surface area contributed by atoms with Crippen LogP contribution in [0.4, 0.5) is 0 Å². The van der Waals surface area contributed by atoms with E-state index in [1.165, 1.54) is 18.7 Å². The molecular weight excluding hydrogens is 284 g/mol. The number of nitrogens with one attached hydrogen (secondary N) is 2. The topological polar surface area (TPSA) is 97.0 Å². The lowest BCUT2D eigenvalue weighted by atomic mass is 10.1.